The van der Waals surface area contributed by atoms with E-state index in [1.165, 1.54) is 0 Å². The van der Waals surface area contributed by atoms with Crippen LogP contribution < -0.4 is 5.32 Å². The minimum atomic E-state index is -0.386. The SMILES string of the molecule is N#C/C(=C/c1cnc2ccc(Br)cn12)C(=O)NCCc1ccccc1. The van der Waals surface area contributed by atoms with Crippen LogP contribution in [0.2, 0.25) is 0 Å². The molecule has 0 atom stereocenters. The monoisotopic (exact) mass is 394 g/mol. The van der Waals surface area contributed by atoms with Gasteiger partial charge in [-0.2, -0.15) is 5.26 Å². The fourth-order valence-electron chi connectivity index (χ4n) is 2.44. The number of nitriles is 1. The smallest absolute Gasteiger partial charge is 0.262 e. The average Bonchev–Trinajstić information content (AvgIpc) is 3.02. The number of amides is 1. The summed E-state index contributed by atoms with van der Waals surface area (Å²) in [5, 5.41) is 12.1. The Morgan fingerprint density at radius 3 is 2.84 bits per heavy atom. The standard InChI is InChI=1S/C19H15BrN4O/c20-16-6-7-18-23-12-17(24(18)13-16)10-15(11-21)19(25)22-9-8-14-4-2-1-3-5-14/h1-7,10,12-13H,8-9H2,(H,22,25)/b15-10-. The van der Waals surface area contributed by atoms with E-state index in [0.717, 1.165) is 15.7 Å². The van der Waals surface area contributed by atoms with E-state index in [2.05, 4.69) is 26.2 Å². The Morgan fingerprint density at radius 1 is 1.28 bits per heavy atom. The van der Waals surface area contributed by atoms with Gasteiger partial charge in [0, 0.05) is 17.2 Å². The number of nitrogens with one attached hydrogen (secondary N) is 1. The van der Waals surface area contributed by atoms with Crippen LogP contribution in [0.25, 0.3) is 11.7 Å². The lowest BCUT2D eigenvalue weighted by atomic mass is 10.1. The number of halogens is 1. The van der Waals surface area contributed by atoms with Gasteiger partial charge in [0.05, 0.1) is 11.9 Å². The van der Waals surface area contributed by atoms with Crippen LogP contribution in [0, 0.1) is 11.3 Å². The molecule has 0 aliphatic heterocycles. The summed E-state index contributed by atoms with van der Waals surface area (Å²) in [4.78, 5) is 16.5. The molecule has 0 saturated heterocycles. The highest BCUT2D eigenvalue weighted by molar-refractivity contribution is 9.10. The summed E-state index contributed by atoms with van der Waals surface area (Å²) < 4.78 is 2.71. The Bertz CT molecular complexity index is 970. The first-order valence-corrected chi connectivity index (χ1v) is 8.53. The second-order valence-corrected chi connectivity index (χ2v) is 6.34. The average molecular weight is 395 g/mol. The van der Waals surface area contributed by atoms with Gasteiger partial charge in [-0.1, -0.05) is 30.3 Å². The van der Waals surface area contributed by atoms with E-state index in [9.17, 15) is 10.1 Å². The van der Waals surface area contributed by atoms with E-state index in [1.807, 2.05) is 59.1 Å². The summed E-state index contributed by atoms with van der Waals surface area (Å²) in [5.41, 5.74) is 2.61. The molecule has 0 unspecified atom stereocenters. The number of hydrogen-bond donors (Lipinski definition) is 1. The summed E-state index contributed by atoms with van der Waals surface area (Å²) in [5.74, 6) is -0.386. The van der Waals surface area contributed by atoms with Gasteiger partial charge in [0.1, 0.15) is 17.3 Å². The molecule has 2 aromatic heterocycles. The third-order valence-corrected chi connectivity index (χ3v) is 4.17. The van der Waals surface area contributed by atoms with Gasteiger partial charge in [0.2, 0.25) is 0 Å². The normalized spacial score (nSPS) is 11.3. The summed E-state index contributed by atoms with van der Waals surface area (Å²) in [7, 11) is 0. The molecule has 2 heterocycles. The van der Waals surface area contributed by atoms with Crippen molar-refractivity contribution in [2.75, 3.05) is 6.54 Å². The molecule has 0 aliphatic rings. The number of nitrogens with zero attached hydrogens (tertiary/aromatic N) is 3. The van der Waals surface area contributed by atoms with Crippen LogP contribution in [0.4, 0.5) is 0 Å². The highest BCUT2D eigenvalue weighted by Gasteiger charge is 2.10. The molecular formula is C19H15BrN4O. The first-order valence-electron chi connectivity index (χ1n) is 7.74. The Hall–Kier alpha value is -2.91. The first kappa shape index (κ1) is 16.9. The van der Waals surface area contributed by atoms with E-state index in [4.69, 9.17) is 0 Å². The molecule has 124 valence electrons. The molecule has 0 radical (unpaired) electrons. The van der Waals surface area contributed by atoms with Crippen molar-refractivity contribution in [3.63, 3.8) is 0 Å². The number of carbonyl (C=O) groups excluding carboxylic acids is 1. The van der Waals surface area contributed by atoms with Crippen molar-refractivity contribution >= 4 is 33.6 Å². The van der Waals surface area contributed by atoms with Gasteiger partial charge in [-0.3, -0.25) is 9.20 Å². The van der Waals surface area contributed by atoms with Crippen LogP contribution >= 0.6 is 15.9 Å². The minimum absolute atomic E-state index is 0.0508. The lowest BCUT2D eigenvalue weighted by molar-refractivity contribution is -0.117. The van der Waals surface area contributed by atoms with E-state index in [0.29, 0.717) is 18.7 Å². The summed E-state index contributed by atoms with van der Waals surface area (Å²) in [6.45, 7) is 0.473. The second-order valence-electron chi connectivity index (χ2n) is 5.42. The molecule has 1 aromatic carbocycles. The third-order valence-electron chi connectivity index (χ3n) is 3.70. The maximum Gasteiger partial charge on any atom is 0.262 e. The number of benzene rings is 1. The lowest BCUT2D eigenvalue weighted by Crippen LogP contribution is -2.26. The predicted octanol–water partition coefficient (Wildman–Crippen LogP) is 3.36. The van der Waals surface area contributed by atoms with Gasteiger partial charge in [-0.05, 0) is 46.1 Å². The molecule has 1 amide bonds. The molecule has 5 nitrogen and oxygen atoms in total. The van der Waals surface area contributed by atoms with Gasteiger partial charge >= 0.3 is 0 Å². The van der Waals surface area contributed by atoms with Crippen LogP contribution in [0.5, 0.6) is 0 Å². The molecule has 3 rings (SSSR count). The van der Waals surface area contributed by atoms with Gasteiger partial charge in [-0.15, -0.1) is 0 Å². The Morgan fingerprint density at radius 2 is 2.08 bits per heavy atom. The lowest BCUT2D eigenvalue weighted by Gasteiger charge is -2.04. The molecule has 3 aromatic rings. The van der Waals surface area contributed by atoms with Crippen LogP contribution in [0.15, 0.2) is 64.9 Å². The van der Waals surface area contributed by atoms with Crippen LogP contribution in [-0.4, -0.2) is 21.8 Å². The number of rotatable bonds is 5. The first-order chi connectivity index (χ1) is 12.2. The Balaban J connectivity index is 1.72. The third kappa shape index (κ3) is 4.14. The quantitative estimate of drug-likeness (QED) is 0.532. The Kier molecular flexibility index (Phi) is 5.26. The molecule has 25 heavy (non-hydrogen) atoms. The maximum atomic E-state index is 12.3. The van der Waals surface area contributed by atoms with Crippen molar-refractivity contribution in [1.29, 1.82) is 5.26 Å². The van der Waals surface area contributed by atoms with Crippen molar-refractivity contribution in [3.05, 3.63) is 76.2 Å². The largest absolute Gasteiger partial charge is 0.351 e. The van der Waals surface area contributed by atoms with Gasteiger partial charge in [0.25, 0.3) is 5.91 Å². The number of pyridine rings is 1. The number of aromatic nitrogens is 2. The van der Waals surface area contributed by atoms with Crippen LogP contribution in [0.3, 0.4) is 0 Å². The number of hydrogen-bond acceptors (Lipinski definition) is 3. The second kappa shape index (κ2) is 7.77. The van der Waals surface area contributed by atoms with Crippen LogP contribution in [-0.2, 0) is 11.2 Å². The predicted molar refractivity (Wildman–Crippen MR) is 99.6 cm³/mol. The number of carbonyl (C=O) groups is 1. The fraction of sp³-hybridized carbons (Fsp3) is 0.105. The Labute approximate surface area is 153 Å². The summed E-state index contributed by atoms with van der Waals surface area (Å²) in [6.07, 6.45) is 5.74. The topological polar surface area (TPSA) is 70.2 Å². The molecule has 6 heteroatoms. The van der Waals surface area contributed by atoms with Gasteiger partial charge in [0.15, 0.2) is 0 Å². The maximum absolute atomic E-state index is 12.3. The molecule has 0 aliphatic carbocycles. The summed E-state index contributed by atoms with van der Waals surface area (Å²) in [6, 6.07) is 15.6. The summed E-state index contributed by atoms with van der Waals surface area (Å²) >= 11 is 3.41. The molecule has 0 fully saturated rings. The van der Waals surface area contributed by atoms with Crippen molar-refractivity contribution < 1.29 is 4.79 Å². The fourth-order valence-corrected chi connectivity index (χ4v) is 2.77. The van der Waals surface area contributed by atoms with Crippen molar-refractivity contribution in [3.8, 4) is 6.07 Å². The number of fused-ring (bicyclic) bond motifs is 1. The van der Waals surface area contributed by atoms with Crippen molar-refractivity contribution in [1.82, 2.24) is 14.7 Å². The zero-order valence-electron chi connectivity index (χ0n) is 13.3. The molecule has 0 spiro atoms. The van der Waals surface area contributed by atoms with Gasteiger partial charge in [-0.25, -0.2) is 4.98 Å². The highest BCUT2D eigenvalue weighted by Crippen LogP contribution is 2.15. The molecule has 0 bridgehead atoms. The highest BCUT2D eigenvalue weighted by atomic mass is 79.9. The van der Waals surface area contributed by atoms with E-state index in [1.54, 1.807) is 12.3 Å². The van der Waals surface area contributed by atoms with E-state index < -0.39 is 0 Å². The van der Waals surface area contributed by atoms with Crippen molar-refractivity contribution in [2.24, 2.45) is 0 Å². The van der Waals surface area contributed by atoms with Crippen LogP contribution in [0.1, 0.15) is 11.3 Å². The molecule has 1 N–H and O–H groups in total. The van der Waals surface area contributed by atoms with E-state index >= 15 is 0 Å². The molecule has 0 saturated carbocycles. The number of imidazole rings is 1. The minimum Gasteiger partial charge on any atom is -0.351 e. The van der Waals surface area contributed by atoms with Gasteiger partial charge < -0.3 is 5.32 Å². The van der Waals surface area contributed by atoms with Crippen molar-refractivity contribution in [2.45, 2.75) is 6.42 Å². The molecular weight excluding hydrogens is 380 g/mol. The van der Waals surface area contributed by atoms with E-state index in [-0.39, 0.29) is 11.5 Å². The zero-order chi connectivity index (χ0) is 17.6. The zero-order valence-corrected chi connectivity index (χ0v) is 14.9.